The Hall–Kier alpha value is -1.79. The standard InChI is InChI=1S/C20H28N4OS/c1-14(15-8-7-11-21-13-15)12-17(25)22-19-24-23-18(26-19)20(2,3)16-9-5-4-6-10-16/h4-6,9-10,14-15,21H,7-8,11-13H2,1-3H3,(H,22,24,25). The zero-order valence-electron chi connectivity index (χ0n) is 15.8. The van der Waals surface area contributed by atoms with Crippen LogP contribution >= 0.6 is 11.3 Å². The molecule has 2 aromatic rings. The van der Waals surface area contributed by atoms with Gasteiger partial charge >= 0.3 is 0 Å². The summed E-state index contributed by atoms with van der Waals surface area (Å²) in [6.45, 7) is 8.54. The van der Waals surface area contributed by atoms with Gasteiger partial charge in [0.2, 0.25) is 11.0 Å². The molecule has 1 amide bonds. The van der Waals surface area contributed by atoms with Crippen molar-refractivity contribution in [2.24, 2.45) is 11.8 Å². The van der Waals surface area contributed by atoms with Crippen LogP contribution in [0.4, 0.5) is 5.13 Å². The molecule has 1 aliphatic heterocycles. The maximum absolute atomic E-state index is 12.4. The number of nitrogens with zero attached hydrogens (tertiary/aromatic N) is 2. The highest BCUT2D eigenvalue weighted by molar-refractivity contribution is 7.15. The number of nitrogens with one attached hydrogen (secondary N) is 2. The summed E-state index contributed by atoms with van der Waals surface area (Å²) < 4.78 is 0. The highest BCUT2D eigenvalue weighted by atomic mass is 32.1. The second kappa shape index (κ2) is 8.27. The molecule has 26 heavy (non-hydrogen) atoms. The van der Waals surface area contributed by atoms with E-state index in [1.165, 1.54) is 29.7 Å². The summed E-state index contributed by atoms with van der Waals surface area (Å²) in [5, 5.41) is 16.4. The van der Waals surface area contributed by atoms with Crippen molar-refractivity contribution in [2.75, 3.05) is 18.4 Å². The lowest BCUT2D eigenvalue weighted by molar-refractivity contribution is -0.117. The number of piperidine rings is 1. The van der Waals surface area contributed by atoms with Gasteiger partial charge in [-0.3, -0.25) is 4.79 Å². The van der Waals surface area contributed by atoms with Crippen molar-refractivity contribution in [2.45, 2.75) is 45.4 Å². The summed E-state index contributed by atoms with van der Waals surface area (Å²) in [6.07, 6.45) is 2.93. The van der Waals surface area contributed by atoms with Gasteiger partial charge in [-0.1, -0.05) is 48.6 Å². The van der Waals surface area contributed by atoms with Crippen molar-refractivity contribution in [1.29, 1.82) is 0 Å². The molecule has 2 unspecified atom stereocenters. The van der Waals surface area contributed by atoms with E-state index < -0.39 is 0 Å². The van der Waals surface area contributed by atoms with Crippen LogP contribution < -0.4 is 10.6 Å². The normalized spacial score (nSPS) is 19.1. The molecular weight excluding hydrogens is 344 g/mol. The Morgan fingerprint density at radius 3 is 2.81 bits per heavy atom. The first-order chi connectivity index (χ1) is 12.5. The highest BCUT2D eigenvalue weighted by Crippen LogP contribution is 2.34. The predicted octanol–water partition coefficient (Wildman–Crippen LogP) is 3.83. The van der Waals surface area contributed by atoms with Crippen molar-refractivity contribution in [3.05, 3.63) is 40.9 Å². The molecule has 1 fully saturated rings. The van der Waals surface area contributed by atoms with Crippen LogP contribution in [-0.4, -0.2) is 29.2 Å². The van der Waals surface area contributed by atoms with E-state index in [2.05, 4.69) is 53.7 Å². The fourth-order valence-electron chi connectivity index (χ4n) is 3.50. The second-order valence-electron chi connectivity index (χ2n) is 7.74. The molecule has 5 nitrogen and oxygen atoms in total. The molecule has 2 N–H and O–H groups in total. The van der Waals surface area contributed by atoms with Gasteiger partial charge in [0.15, 0.2) is 0 Å². The fourth-order valence-corrected chi connectivity index (χ4v) is 4.38. The number of hydrogen-bond acceptors (Lipinski definition) is 5. The Morgan fingerprint density at radius 2 is 2.12 bits per heavy atom. The van der Waals surface area contributed by atoms with E-state index >= 15 is 0 Å². The second-order valence-corrected chi connectivity index (χ2v) is 8.72. The first-order valence-corrected chi connectivity index (χ1v) is 10.2. The number of hydrogen-bond donors (Lipinski definition) is 2. The average molecular weight is 373 g/mol. The maximum atomic E-state index is 12.4. The molecule has 1 aliphatic rings. The van der Waals surface area contributed by atoms with Gasteiger partial charge in [0.05, 0.1) is 0 Å². The van der Waals surface area contributed by atoms with Crippen molar-refractivity contribution >= 4 is 22.4 Å². The lowest BCUT2D eigenvalue weighted by Crippen LogP contribution is -2.34. The zero-order chi connectivity index (χ0) is 18.6. The molecule has 140 valence electrons. The lowest BCUT2D eigenvalue weighted by atomic mass is 9.85. The van der Waals surface area contributed by atoms with Crippen molar-refractivity contribution in [3.63, 3.8) is 0 Å². The number of rotatable bonds is 6. The largest absolute Gasteiger partial charge is 0.316 e. The topological polar surface area (TPSA) is 66.9 Å². The number of carbonyl (C=O) groups is 1. The zero-order valence-corrected chi connectivity index (χ0v) is 16.6. The Balaban J connectivity index is 1.60. The summed E-state index contributed by atoms with van der Waals surface area (Å²) >= 11 is 1.46. The van der Waals surface area contributed by atoms with E-state index in [1.54, 1.807) is 0 Å². The minimum Gasteiger partial charge on any atom is -0.316 e. The number of carbonyl (C=O) groups excluding carboxylic acids is 1. The van der Waals surface area contributed by atoms with Crippen LogP contribution in [0.3, 0.4) is 0 Å². The number of benzene rings is 1. The first kappa shape index (κ1) is 19.0. The summed E-state index contributed by atoms with van der Waals surface area (Å²) in [4.78, 5) is 12.4. The van der Waals surface area contributed by atoms with Crippen LogP contribution in [0.5, 0.6) is 0 Å². The predicted molar refractivity (Wildman–Crippen MR) is 106 cm³/mol. The SMILES string of the molecule is CC(CC(=O)Nc1nnc(C(C)(C)c2ccccc2)s1)C1CCCNC1. The Morgan fingerprint density at radius 1 is 1.35 bits per heavy atom. The number of anilines is 1. The number of aromatic nitrogens is 2. The van der Waals surface area contributed by atoms with Gasteiger partial charge in [-0.25, -0.2) is 0 Å². The van der Waals surface area contributed by atoms with Crippen LogP contribution in [0.1, 0.15) is 50.6 Å². The van der Waals surface area contributed by atoms with Gasteiger partial charge in [0.1, 0.15) is 5.01 Å². The highest BCUT2D eigenvalue weighted by Gasteiger charge is 2.28. The minimum atomic E-state index is -0.233. The molecule has 3 rings (SSSR count). The fraction of sp³-hybridized carbons (Fsp3) is 0.550. The van der Waals surface area contributed by atoms with Crippen LogP contribution in [0, 0.1) is 11.8 Å². The molecule has 2 heterocycles. The Bertz CT molecular complexity index is 722. The lowest BCUT2D eigenvalue weighted by Gasteiger charge is -2.27. The smallest absolute Gasteiger partial charge is 0.226 e. The third-order valence-corrected chi connectivity index (χ3v) is 6.51. The van der Waals surface area contributed by atoms with Crippen molar-refractivity contribution in [1.82, 2.24) is 15.5 Å². The van der Waals surface area contributed by atoms with Gasteiger partial charge in [0.25, 0.3) is 0 Å². The molecule has 6 heteroatoms. The molecule has 1 saturated heterocycles. The molecule has 0 radical (unpaired) electrons. The van der Waals surface area contributed by atoms with Gasteiger partial charge in [0, 0.05) is 11.8 Å². The van der Waals surface area contributed by atoms with Gasteiger partial charge in [-0.05, 0) is 57.2 Å². The van der Waals surface area contributed by atoms with Crippen LogP contribution in [0.25, 0.3) is 0 Å². The van der Waals surface area contributed by atoms with Crippen LogP contribution in [0.2, 0.25) is 0 Å². The van der Waals surface area contributed by atoms with E-state index in [0.29, 0.717) is 23.4 Å². The summed E-state index contributed by atoms with van der Waals surface area (Å²) in [7, 11) is 0. The first-order valence-electron chi connectivity index (χ1n) is 9.37. The van der Waals surface area contributed by atoms with Gasteiger partial charge < -0.3 is 10.6 Å². The maximum Gasteiger partial charge on any atom is 0.226 e. The molecule has 1 aromatic carbocycles. The van der Waals surface area contributed by atoms with Gasteiger partial charge in [-0.15, -0.1) is 10.2 Å². The molecule has 0 spiro atoms. The summed E-state index contributed by atoms with van der Waals surface area (Å²) in [5.41, 5.74) is 0.954. The summed E-state index contributed by atoms with van der Waals surface area (Å²) in [5.74, 6) is 0.982. The molecular formula is C20H28N4OS. The average Bonchev–Trinajstić information content (AvgIpc) is 3.12. The third kappa shape index (κ3) is 4.48. The van der Waals surface area contributed by atoms with E-state index in [0.717, 1.165) is 18.1 Å². The molecule has 0 aliphatic carbocycles. The van der Waals surface area contributed by atoms with Gasteiger partial charge in [-0.2, -0.15) is 0 Å². The van der Waals surface area contributed by atoms with Crippen LogP contribution in [-0.2, 0) is 10.2 Å². The van der Waals surface area contributed by atoms with Crippen LogP contribution in [0.15, 0.2) is 30.3 Å². The minimum absolute atomic E-state index is 0.0308. The molecule has 1 aromatic heterocycles. The van der Waals surface area contributed by atoms with E-state index in [9.17, 15) is 4.79 Å². The van der Waals surface area contributed by atoms with Crippen molar-refractivity contribution in [3.8, 4) is 0 Å². The molecule has 2 atom stereocenters. The number of amides is 1. The molecule has 0 bridgehead atoms. The third-order valence-electron chi connectivity index (χ3n) is 5.35. The van der Waals surface area contributed by atoms with Crippen molar-refractivity contribution < 1.29 is 4.79 Å². The Labute approximate surface area is 159 Å². The Kier molecular flexibility index (Phi) is 6.04. The quantitative estimate of drug-likeness (QED) is 0.809. The van der Waals surface area contributed by atoms with E-state index in [1.807, 2.05) is 18.2 Å². The van der Waals surface area contributed by atoms with E-state index in [4.69, 9.17) is 0 Å². The summed E-state index contributed by atoms with van der Waals surface area (Å²) in [6, 6.07) is 10.3. The van der Waals surface area contributed by atoms with E-state index in [-0.39, 0.29) is 11.3 Å². The monoisotopic (exact) mass is 372 g/mol. The molecule has 0 saturated carbocycles.